The Hall–Kier alpha value is -1.45. The topological polar surface area (TPSA) is 92.8 Å². The highest BCUT2D eigenvalue weighted by Gasteiger charge is 2.32. The van der Waals surface area contributed by atoms with Crippen molar-refractivity contribution in [3.63, 3.8) is 0 Å². The summed E-state index contributed by atoms with van der Waals surface area (Å²) < 4.78 is 31.5. The minimum atomic E-state index is -3.70. The summed E-state index contributed by atoms with van der Waals surface area (Å²) in [5.41, 5.74) is -0.434. The Bertz CT molecular complexity index is 712. The van der Waals surface area contributed by atoms with E-state index in [1.807, 2.05) is 20.8 Å². The average Bonchev–Trinajstić information content (AvgIpc) is 3.13. The van der Waals surface area contributed by atoms with Gasteiger partial charge >= 0.3 is 5.97 Å². The van der Waals surface area contributed by atoms with E-state index >= 15 is 0 Å². The first-order valence-electron chi connectivity index (χ1n) is 7.67. The number of carbonyl (C=O) groups is 2. The maximum absolute atomic E-state index is 12.6. The number of thiophene rings is 1. The Labute approximate surface area is 146 Å². The summed E-state index contributed by atoms with van der Waals surface area (Å²) in [7, 11) is -3.70. The number of esters is 1. The summed E-state index contributed by atoms with van der Waals surface area (Å²) in [4.78, 5) is 23.9. The molecule has 1 fully saturated rings. The molecule has 9 heteroatoms. The van der Waals surface area contributed by atoms with Gasteiger partial charge in [0.05, 0.1) is 0 Å². The van der Waals surface area contributed by atoms with Crippen LogP contribution >= 0.6 is 11.3 Å². The molecular formula is C15H22N2O5S2. The monoisotopic (exact) mass is 374 g/mol. The van der Waals surface area contributed by atoms with Crippen molar-refractivity contribution in [2.75, 3.05) is 19.7 Å². The van der Waals surface area contributed by atoms with Gasteiger partial charge in [-0.3, -0.25) is 4.79 Å². The molecule has 0 atom stereocenters. The van der Waals surface area contributed by atoms with Crippen LogP contribution in [0.15, 0.2) is 16.3 Å². The van der Waals surface area contributed by atoms with Gasteiger partial charge in [-0.25, -0.2) is 13.2 Å². The Morgan fingerprint density at radius 3 is 2.50 bits per heavy atom. The van der Waals surface area contributed by atoms with E-state index in [9.17, 15) is 18.0 Å². The van der Waals surface area contributed by atoms with E-state index in [-0.39, 0.29) is 9.77 Å². The summed E-state index contributed by atoms with van der Waals surface area (Å²) in [6, 6.07) is 1.41. The molecule has 1 aromatic heterocycles. The molecule has 1 N–H and O–H groups in total. The van der Waals surface area contributed by atoms with Crippen molar-refractivity contribution in [1.29, 1.82) is 0 Å². The van der Waals surface area contributed by atoms with Crippen LogP contribution in [-0.2, 0) is 19.6 Å². The standard InChI is InChI=1S/C15H22N2O5S2/c1-15(2,3)16-12(18)10-22-14(19)13-11(6-9-23-13)24(20,21)17-7-4-5-8-17/h6,9H,4-5,7-8,10H2,1-3H3,(H,16,18). The smallest absolute Gasteiger partial charge is 0.350 e. The molecule has 0 radical (unpaired) electrons. The van der Waals surface area contributed by atoms with E-state index in [0.29, 0.717) is 13.1 Å². The van der Waals surface area contributed by atoms with Crippen molar-refractivity contribution in [1.82, 2.24) is 9.62 Å². The lowest BCUT2D eigenvalue weighted by Gasteiger charge is -2.20. The fourth-order valence-electron chi connectivity index (χ4n) is 2.37. The predicted molar refractivity (Wildman–Crippen MR) is 90.5 cm³/mol. The van der Waals surface area contributed by atoms with Gasteiger partial charge in [-0.2, -0.15) is 4.31 Å². The van der Waals surface area contributed by atoms with Crippen LogP contribution in [-0.4, -0.2) is 49.8 Å². The van der Waals surface area contributed by atoms with Crippen molar-refractivity contribution in [2.45, 2.75) is 44.0 Å². The first-order chi connectivity index (χ1) is 11.1. The van der Waals surface area contributed by atoms with Crippen molar-refractivity contribution in [2.24, 2.45) is 0 Å². The van der Waals surface area contributed by atoms with Gasteiger partial charge in [0.25, 0.3) is 5.91 Å². The molecule has 0 unspecified atom stereocenters. The summed E-state index contributed by atoms with van der Waals surface area (Å²) in [5, 5.41) is 4.21. The molecule has 1 aliphatic rings. The molecule has 2 rings (SSSR count). The lowest BCUT2D eigenvalue weighted by molar-refractivity contribution is -0.125. The number of hydrogen-bond acceptors (Lipinski definition) is 6. The number of hydrogen-bond donors (Lipinski definition) is 1. The highest BCUT2D eigenvalue weighted by atomic mass is 32.2. The third kappa shape index (κ3) is 4.55. The van der Waals surface area contributed by atoms with E-state index in [4.69, 9.17) is 4.74 Å². The van der Waals surface area contributed by atoms with Gasteiger partial charge in [0, 0.05) is 18.6 Å². The first kappa shape index (κ1) is 18.9. The van der Waals surface area contributed by atoms with Crippen molar-refractivity contribution < 1.29 is 22.7 Å². The molecule has 1 amide bonds. The van der Waals surface area contributed by atoms with Crippen LogP contribution in [0.4, 0.5) is 0 Å². The molecule has 0 bridgehead atoms. The van der Waals surface area contributed by atoms with Crippen molar-refractivity contribution >= 4 is 33.2 Å². The average molecular weight is 374 g/mol. The fraction of sp³-hybridized carbons (Fsp3) is 0.600. The molecule has 1 aliphatic heterocycles. The Kier molecular flexibility index (Phi) is 5.67. The van der Waals surface area contributed by atoms with Crippen molar-refractivity contribution in [3.05, 3.63) is 16.3 Å². The van der Waals surface area contributed by atoms with Crippen LogP contribution in [0.5, 0.6) is 0 Å². The van der Waals surface area contributed by atoms with Crippen LogP contribution < -0.4 is 5.32 Å². The second-order valence-corrected chi connectivity index (χ2v) is 9.42. The normalized spacial score (nSPS) is 16.1. The van der Waals surface area contributed by atoms with Gasteiger partial charge in [-0.15, -0.1) is 11.3 Å². The molecule has 7 nitrogen and oxygen atoms in total. The Morgan fingerprint density at radius 2 is 1.92 bits per heavy atom. The molecule has 24 heavy (non-hydrogen) atoms. The lowest BCUT2D eigenvalue weighted by Crippen LogP contribution is -2.42. The third-order valence-corrected chi connectivity index (χ3v) is 6.31. The summed E-state index contributed by atoms with van der Waals surface area (Å²) in [6.07, 6.45) is 1.63. The highest BCUT2D eigenvalue weighted by Crippen LogP contribution is 2.28. The van der Waals surface area contributed by atoms with Crippen LogP contribution in [0.1, 0.15) is 43.3 Å². The van der Waals surface area contributed by atoms with Crippen molar-refractivity contribution in [3.8, 4) is 0 Å². The lowest BCUT2D eigenvalue weighted by atomic mass is 10.1. The maximum Gasteiger partial charge on any atom is 0.350 e. The number of nitrogens with one attached hydrogen (secondary N) is 1. The zero-order valence-corrected chi connectivity index (χ0v) is 15.6. The van der Waals surface area contributed by atoms with Crippen LogP contribution in [0.25, 0.3) is 0 Å². The Morgan fingerprint density at radius 1 is 1.29 bits per heavy atom. The van der Waals surface area contributed by atoms with Gasteiger partial charge in [0.1, 0.15) is 9.77 Å². The fourth-order valence-corrected chi connectivity index (χ4v) is 5.17. The maximum atomic E-state index is 12.6. The molecule has 0 aliphatic carbocycles. The minimum Gasteiger partial charge on any atom is -0.451 e. The quantitative estimate of drug-likeness (QED) is 0.791. The highest BCUT2D eigenvalue weighted by molar-refractivity contribution is 7.89. The van der Waals surface area contributed by atoms with E-state index in [0.717, 1.165) is 24.2 Å². The molecular weight excluding hydrogens is 352 g/mol. The number of amides is 1. The minimum absolute atomic E-state index is 0.00505. The number of carbonyl (C=O) groups excluding carboxylic acids is 2. The van der Waals surface area contributed by atoms with E-state index in [1.54, 1.807) is 0 Å². The molecule has 0 spiro atoms. The van der Waals surface area contributed by atoms with Gasteiger partial charge in [0.2, 0.25) is 10.0 Å². The predicted octanol–water partition coefficient (Wildman–Crippen LogP) is 1.60. The first-order valence-corrected chi connectivity index (χ1v) is 9.99. The van der Waals surface area contributed by atoms with E-state index in [2.05, 4.69) is 5.32 Å². The van der Waals surface area contributed by atoms with Crippen LogP contribution in [0.2, 0.25) is 0 Å². The molecule has 0 aromatic carbocycles. The number of ether oxygens (including phenoxy) is 1. The van der Waals surface area contributed by atoms with Gasteiger partial charge in [0.15, 0.2) is 6.61 Å². The summed E-state index contributed by atoms with van der Waals surface area (Å²) >= 11 is 0.996. The number of nitrogens with zero attached hydrogens (tertiary/aromatic N) is 1. The molecule has 2 heterocycles. The molecule has 0 saturated carbocycles. The molecule has 1 saturated heterocycles. The molecule has 1 aromatic rings. The number of rotatable bonds is 5. The van der Waals surface area contributed by atoms with Gasteiger partial charge < -0.3 is 10.1 Å². The van der Waals surface area contributed by atoms with E-state index < -0.39 is 34.0 Å². The van der Waals surface area contributed by atoms with Gasteiger partial charge in [-0.1, -0.05) is 0 Å². The summed E-state index contributed by atoms with van der Waals surface area (Å²) in [5.74, 6) is -1.23. The van der Waals surface area contributed by atoms with Crippen LogP contribution in [0.3, 0.4) is 0 Å². The second kappa shape index (κ2) is 7.20. The largest absolute Gasteiger partial charge is 0.451 e. The molecule has 134 valence electrons. The number of sulfonamides is 1. The van der Waals surface area contributed by atoms with E-state index in [1.165, 1.54) is 15.8 Å². The summed E-state index contributed by atoms with van der Waals surface area (Å²) in [6.45, 7) is 5.91. The zero-order chi connectivity index (χ0) is 18.0. The second-order valence-electron chi connectivity index (χ2n) is 6.60. The zero-order valence-electron chi connectivity index (χ0n) is 14.0. The Balaban J connectivity index is 2.07. The third-order valence-electron chi connectivity index (χ3n) is 3.35. The SMILES string of the molecule is CC(C)(C)NC(=O)COC(=O)c1sccc1S(=O)(=O)N1CCCC1. The van der Waals surface area contributed by atoms with Gasteiger partial charge in [-0.05, 0) is 45.1 Å². The van der Waals surface area contributed by atoms with Crippen LogP contribution in [0, 0.1) is 0 Å².